The zero-order valence-electron chi connectivity index (χ0n) is 11.3. The Bertz CT molecular complexity index is 383. The Balaban J connectivity index is 2.42. The molecule has 0 saturated heterocycles. The van der Waals surface area contributed by atoms with Crippen LogP contribution in [0.2, 0.25) is 0 Å². The van der Waals surface area contributed by atoms with Gasteiger partial charge in [-0.2, -0.15) is 0 Å². The average molecular weight is 233 g/mol. The van der Waals surface area contributed by atoms with E-state index in [4.69, 9.17) is 4.74 Å². The Morgan fingerprint density at radius 3 is 2.65 bits per heavy atom. The average Bonchev–Trinajstić information content (AvgIpc) is 2.25. The first-order valence-corrected chi connectivity index (χ1v) is 6.09. The molecule has 0 heterocycles. The molecule has 0 atom stereocenters. The predicted molar refractivity (Wildman–Crippen MR) is 73.7 cm³/mol. The van der Waals surface area contributed by atoms with Gasteiger partial charge in [0.05, 0.1) is 0 Å². The van der Waals surface area contributed by atoms with Gasteiger partial charge < -0.3 is 10.1 Å². The molecular weight excluding hydrogens is 210 g/mol. The van der Waals surface area contributed by atoms with E-state index in [1.165, 1.54) is 11.1 Å². The second-order valence-corrected chi connectivity index (χ2v) is 4.84. The van der Waals surface area contributed by atoms with Crippen molar-refractivity contribution in [1.29, 1.82) is 0 Å². The molecule has 1 rings (SSSR count). The van der Waals surface area contributed by atoms with Crippen molar-refractivity contribution in [3.63, 3.8) is 0 Å². The number of rotatable bonds is 6. The molecule has 1 aromatic rings. The summed E-state index contributed by atoms with van der Waals surface area (Å²) in [7, 11) is 0. The van der Waals surface area contributed by atoms with Crippen molar-refractivity contribution in [1.82, 2.24) is 5.32 Å². The fourth-order valence-corrected chi connectivity index (χ4v) is 1.54. The normalized spacial score (nSPS) is 10.6. The number of aryl methyl sites for hydroxylation is 2. The standard InChI is InChI=1S/C15H23NO/c1-11(2)16-9-13(4)10-17-15-7-6-12(3)8-14(15)5/h6-8,11,16H,4,9-10H2,1-3,5H3. The van der Waals surface area contributed by atoms with Gasteiger partial charge in [-0.25, -0.2) is 0 Å². The first-order chi connectivity index (χ1) is 7.99. The Labute approximate surface area is 105 Å². The van der Waals surface area contributed by atoms with Crippen LogP contribution in [0.1, 0.15) is 25.0 Å². The molecule has 2 heteroatoms. The van der Waals surface area contributed by atoms with Gasteiger partial charge in [-0.15, -0.1) is 0 Å². The second-order valence-electron chi connectivity index (χ2n) is 4.84. The Hall–Kier alpha value is -1.28. The van der Waals surface area contributed by atoms with E-state index in [9.17, 15) is 0 Å². The van der Waals surface area contributed by atoms with Gasteiger partial charge in [-0.05, 0) is 31.1 Å². The topological polar surface area (TPSA) is 21.3 Å². The van der Waals surface area contributed by atoms with E-state index >= 15 is 0 Å². The highest BCUT2D eigenvalue weighted by Gasteiger charge is 2.01. The second kappa shape index (κ2) is 6.45. The molecule has 0 spiro atoms. The lowest BCUT2D eigenvalue weighted by molar-refractivity contribution is 0.345. The summed E-state index contributed by atoms with van der Waals surface area (Å²) in [6.07, 6.45) is 0. The smallest absolute Gasteiger partial charge is 0.122 e. The van der Waals surface area contributed by atoms with Crippen LogP contribution in [0.25, 0.3) is 0 Å². The van der Waals surface area contributed by atoms with E-state index in [0.29, 0.717) is 12.6 Å². The van der Waals surface area contributed by atoms with Gasteiger partial charge in [0.2, 0.25) is 0 Å². The molecule has 1 N–H and O–H groups in total. The molecule has 1 aromatic carbocycles. The number of hydrogen-bond donors (Lipinski definition) is 1. The van der Waals surface area contributed by atoms with Crippen molar-refractivity contribution in [3.05, 3.63) is 41.5 Å². The van der Waals surface area contributed by atoms with Crippen molar-refractivity contribution < 1.29 is 4.74 Å². The number of ether oxygens (including phenoxy) is 1. The summed E-state index contributed by atoms with van der Waals surface area (Å²) in [5, 5.41) is 3.33. The van der Waals surface area contributed by atoms with Crippen LogP contribution in [0.15, 0.2) is 30.4 Å². The fraction of sp³-hybridized carbons (Fsp3) is 0.467. The van der Waals surface area contributed by atoms with Gasteiger partial charge in [-0.3, -0.25) is 0 Å². The largest absolute Gasteiger partial charge is 0.489 e. The van der Waals surface area contributed by atoms with E-state index in [1.54, 1.807) is 0 Å². The van der Waals surface area contributed by atoms with Crippen LogP contribution in [0.4, 0.5) is 0 Å². The minimum absolute atomic E-state index is 0.480. The monoisotopic (exact) mass is 233 g/mol. The molecule has 0 fully saturated rings. The highest BCUT2D eigenvalue weighted by Crippen LogP contribution is 2.18. The number of benzene rings is 1. The van der Waals surface area contributed by atoms with Crippen LogP contribution in [0.3, 0.4) is 0 Å². The van der Waals surface area contributed by atoms with Crippen LogP contribution in [-0.2, 0) is 0 Å². The van der Waals surface area contributed by atoms with E-state index in [-0.39, 0.29) is 0 Å². The maximum absolute atomic E-state index is 5.75. The Morgan fingerprint density at radius 1 is 1.35 bits per heavy atom. The maximum atomic E-state index is 5.75. The summed E-state index contributed by atoms with van der Waals surface area (Å²) in [6, 6.07) is 6.70. The van der Waals surface area contributed by atoms with Gasteiger partial charge >= 0.3 is 0 Å². The van der Waals surface area contributed by atoms with Crippen LogP contribution in [-0.4, -0.2) is 19.2 Å². The SMILES string of the molecule is C=C(CNC(C)C)COc1ccc(C)cc1C. The summed E-state index contributed by atoms with van der Waals surface area (Å²) < 4.78 is 5.75. The highest BCUT2D eigenvalue weighted by atomic mass is 16.5. The van der Waals surface area contributed by atoms with Gasteiger partial charge in [0.25, 0.3) is 0 Å². The van der Waals surface area contributed by atoms with Crippen molar-refractivity contribution in [3.8, 4) is 5.75 Å². The molecule has 0 bridgehead atoms. The summed E-state index contributed by atoms with van der Waals surface area (Å²) >= 11 is 0. The van der Waals surface area contributed by atoms with Gasteiger partial charge in [0, 0.05) is 12.6 Å². The maximum Gasteiger partial charge on any atom is 0.122 e. The molecular formula is C15H23NO. The summed E-state index contributed by atoms with van der Waals surface area (Å²) in [6.45, 7) is 13.8. The summed E-state index contributed by atoms with van der Waals surface area (Å²) in [5.41, 5.74) is 3.50. The van der Waals surface area contributed by atoms with Gasteiger partial charge in [-0.1, -0.05) is 38.1 Å². The quantitative estimate of drug-likeness (QED) is 0.762. The Morgan fingerprint density at radius 2 is 2.06 bits per heavy atom. The molecule has 17 heavy (non-hydrogen) atoms. The first-order valence-electron chi connectivity index (χ1n) is 6.09. The molecule has 0 saturated carbocycles. The molecule has 2 nitrogen and oxygen atoms in total. The third kappa shape index (κ3) is 5.05. The van der Waals surface area contributed by atoms with E-state index < -0.39 is 0 Å². The molecule has 0 amide bonds. The van der Waals surface area contributed by atoms with Crippen molar-refractivity contribution in [2.75, 3.05) is 13.2 Å². The summed E-state index contributed by atoms with van der Waals surface area (Å²) in [5.74, 6) is 0.946. The minimum Gasteiger partial charge on any atom is -0.489 e. The van der Waals surface area contributed by atoms with E-state index in [0.717, 1.165) is 17.9 Å². The molecule has 94 valence electrons. The first kappa shape index (κ1) is 13.8. The Kier molecular flexibility index (Phi) is 5.23. The fourth-order valence-electron chi connectivity index (χ4n) is 1.54. The third-order valence-corrected chi connectivity index (χ3v) is 2.52. The van der Waals surface area contributed by atoms with E-state index in [2.05, 4.69) is 51.7 Å². The molecule has 0 aromatic heterocycles. The lowest BCUT2D eigenvalue weighted by Gasteiger charge is -2.13. The van der Waals surface area contributed by atoms with Gasteiger partial charge in [0.15, 0.2) is 0 Å². The molecule has 0 aliphatic carbocycles. The zero-order valence-corrected chi connectivity index (χ0v) is 11.3. The lowest BCUT2D eigenvalue weighted by atomic mass is 10.1. The molecule has 0 radical (unpaired) electrons. The van der Waals surface area contributed by atoms with Crippen molar-refractivity contribution >= 4 is 0 Å². The molecule has 0 aliphatic rings. The van der Waals surface area contributed by atoms with Crippen molar-refractivity contribution in [2.24, 2.45) is 0 Å². The van der Waals surface area contributed by atoms with Crippen molar-refractivity contribution in [2.45, 2.75) is 33.7 Å². The summed E-state index contributed by atoms with van der Waals surface area (Å²) in [4.78, 5) is 0. The minimum atomic E-state index is 0.480. The molecule has 0 aliphatic heterocycles. The zero-order chi connectivity index (χ0) is 12.8. The van der Waals surface area contributed by atoms with Crippen LogP contribution in [0, 0.1) is 13.8 Å². The van der Waals surface area contributed by atoms with Crippen LogP contribution >= 0.6 is 0 Å². The number of nitrogens with one attached hydrogen (secondary N) is 1. The third-order valence-electron chi connectivity index (χ3n) is 2.52. The van der Waals surface area contributed by atoms with Crippen LogP contribution < -0.4 is 10.1 Å². The lowest BCUT2D eigenvalue weighted by Crippen LogP contribution is -2.26. The van der Waals surface area contributed by atoms with Crippen LogP contribution in [0.5, 0.6) is 5.75 Å². The predicted octanol–water partition coefficient (Wildman–Crippen LogP) is 3.24. The number of hydrogen-bond acceptors (Lipinski definition) is 2. The van der Waals surface area contributed by atoms with E-state index in [1.807, 2.05) is 6.07 Å². The molecule has 0 unspecified atom stereocenters. The van der Waals surface area contributed by atoms with Gasteiger partial charge in [0.1, 0.15) is 12.4 Å². The highest BCUT2D eigenvalue weighted by molar-refractivity contribution is 5.35.